The Morgan fingerprint density at radius 3 is 2.77 bits per heavy atom. The first-order valence-corrected chi connectivity index (χ1v) is 10.6. The Hall–Kier alpha value is -1.71. The Morgan fingerprint density at radius 1 is 1.31 bits per heavy atom. The number of halogens is 1. The van der Waals surface area contributed by atoms with Crippen LogP contribution >= 0.6 is 15.9 Å². The van der Waals surface area contributed by atoms with E-state index in [0.717, 1.165) is 24.2 Å². The molecule has 7 nitrogen and oxygen atoms in total. The normalized spacial score (nSPS) is 18.7. The van der Waals surface area contributed by atoms with Gasteiger partial charge < -0.3 is 10.6 Å². The summed E-state index contributed by atoms with van der Waals surface area (Å²) in [5.74, 6) is 0.226. The number of hydrogen-bond acceptors (Lipinski definition) is 6. The second kappa shape index (κ2) is 7.50. The average Bonchev–Trinajstić information content (AvgIpc) is 2.62. The van der Waals surface area contributed by atoms with Crippen LogP contribution in [0.15, 0.2) is 39.8 Å². The molecule has 2 aromatic rings. The van der Waals surface area contributed by atoms with Gasteiger partial charge in [-0.2, -0.15) is 4.31 Å². The van der Waals surface area contributed by atoms with E-state index in [1.165, 1.54) is 0 Å². The monoisotopic (exact) mass is 439 g/mol. The second-order valence-electron chi connectivity index (χ2n) is 6.55. The first-order valence-electron chi connectivity index (χ1n) is 8.34. The number of nitrogen functional groups attached to an aromatic ring is 1. The average molecular weight is 440 g/mol. The highest BCUT2D eigenvalue weighted by atomic mass is 79.9. The van der Waals surface area contributed by atoms with Crippen molar-refractivity contribution in [1.29, 1.82) is 0 Å². The van der Waals surface area contributed by atoms with Crippen molar-refractivity contribution in [3.05, 3.63) is 40.6 Å². The van der Waals surface area contributed by atoms with Crippen LogP contribution in [0.1, 0.15) is 24.5 Å². The van der Waals surface area contributed by atoms with Crippen molar-refractivity contribution in [3.8, 4) is 0 Å². The molecule has 1 fully saturated rings. The van der Waals surface area contributed by atoms with E-state index in [2.05, 4.69) is 25.9 Å². The molecule has 0 spiro atoms. The third-order valence-corrected chi connectivity index (χ3v) is 7.41. The number of aromatic nitrogens is 2. The van der Waals surface area contributed by atoms with Gasteiger partial charge in [0.2, 0.25) is 16.0 Å². The van der Waals surface area contributed by atoms with E-state index in [-0.39, 0.29) is 16.8 Å². The minimum Gasteiger partial charge on any atom is -0.378 e. The molecule has 3 rings (SSSR count). The molecule has 0 radical (unpaired) electrons. The van der Waals surface area contributed by atoms with Gasteiger partial charge in [0.15, 0.2) is 0 Å². The van der Waals surface area contributed by atoms with E-state index in [4.69, 9.17) is 5.73 Å². The zero-order chi connectivity index (χ0) is 18.9. The fourth-order valence-corrected chi connectivity index (χ4v) is 5.59. The molecular weight excluding hydrogens is 418 g/mol. The van der Waals surface area contributed by atoms with Gasteiger partial charge >= 0.3 is 0 Å². The van der Waals surface area contributed by atoms with Crippen LogP contribution in [0.2, 0.25) is 0 Å². The number of rotatable bonds is 4. The summed E-state index contributed by atoms with van der Waals surface area (Å²) < 4.78 is 28.6. The lowest BCUT2D eigenvalue weighted by atomic mass is 9.96. The van der Waals surface area contributed by atoms with E-state index >= 15 is 0 Å². The quantitative estimate of drug-likeness (QED) is 0.786. The standard InChI is InChI=1S/C17H22BrN5O2S/c1-22(2)13-5-6-14(18)16(10-13)26(24,25)23-9-3-4-12(11-23)15-7-8-20-17(19)21-15/h5-8,10,12H,3-4,9,11H2,1-2H3,(H2,19,20,21)/t12-/m0/s1. The van der Waals surface area contributed by atoms with E-state index in [9.17, 15) is 8.42 Å². The zero-order valence-electron chi connectivity index (χ0n) is 14.8. The zero-order valence-corrected chi connectivity index (χ0v) is 17.2. The van der Waals surface area contributed by atoms with Gasteiger partial charge in [0.1, 0.15) is 0 Å². The Labute approximate surface area is 162 Å². The van der Waals surface area contributed by atoms with Crippen LogP contribution in [0.25, 0.3) is 0 Å². The van der Waals surface area contributed by atoms with Gasteiger partial charge in [-0.25, -0.2) is 18.4 Å². The third kappa shape index (κ3) is 3.84. The van der Waals surface area contributed by atoms with Crippen molar-refractivity contribution >= 4 is 37.6 Å². The topological polar surface area (TPSA) is 92.4 Å². The molecule has 2 N–H and O–H groups in total. The van der Waals surface area contributed by atoms with E-state index in [1.54, 1.807) is 28.7 Å². The summed E-state index contributed by atoms with van der Waals surface area (Å²) in [6.07, 6.45) is 3.27. The highest BCUT2D eigenvalue weighted by Gasteiger charge is 2.33. The molecule has 9 heteroatoms. The molecule has 1 aromatic carbocycles. The molecule has 0 saturated carbocycles. The summed E-state index contributed by atoms with van der Waals surface area (Å²) in [6, 6.07) is 7.16. The highest BCUT2D eigenvalue weighted by Crippen LogP contribution is 2.33. The van der Waals surface area contributed by atoms with Gasteiger partial charge in [-0.3, -0.25) is 0 Å². The second-order valence-corrected chi connectivity index (χ2v) is 9.31. The van der Waals surface area contributed by atoms with Crippen molar-refractivity contribution in [2.45, 2.75) is 23.7 Å². The van der Waals surface area contributed by atoms with Crippen LogP contribution in [0.4, 0.5) is 11.6 Å². The van der Waals surface area contributed by atoms with Crippen molar-refractivity contribution in [2.75, 3.05) is 37.8 Å². The Bertz CT molecular complexity index is 904. The summed E-state index contributed by atoms with van der Waals surface area (Å²) in [5.41, 5.74) is 7.30. The number of hydrogen-bond donors (Lipinski definition) is 1. The maximum absolute atomic E-state index is 13.2. The lowest BCUT2D eigenvalue weighted by Gasteiger charge is -2.32. The maximum atomic E-state index is 13.2. The Kier molecular flexibility index (Phi) is 5.50. The lowest BCUT2D eigenvalue weighted by Crippen LogP contribution is -2.39. The molecule has 140 valence electrons. The Morgan fingerprint density at radius 2 is 2.08 bits per heavy atom. The fraction of sp³-hybridized carbons (Fsp3) is 0.412. The van der Waals surface area contributed by atoms with Gasteiger partial charge in [0, 0.05) is 49.5 Å². The van der Waals surface area contributed by atoms with Crippen molar-refractivity contribution in [3.63, 3.8) is 0 Å². The van der Waals surface area contributed by atoms with Crippen LogP contribution in [-0.4, -0.2) is 49.9 Å². The SMILES string of the molecule is CN(C)c1ccc(Br)c(S(=O)(=O)N2CCC[C@H](c3ccnc(N)n3)C2)c1. The van der Waals surface area contributed by atoms with Crippen LogP contribution in [-0.2, 0) is 10.0 Å². The maximum Gasteiger partial charge on any atom is 0.244 e. The molecule has 1 saturated heterocycles. The number of sulfonamides is 1. The highest BCUT2D eigenvalue weighted by molar-refractivity contribution is 9.10. The van der Waals surface area contributed by atoms with Crippen LogP contribution in [0, 0.1) is 0 Å². The van der Waals surface area contributed by atoms with E-state index in [1.807, 2.05) is 25.1 Å². The minimum absolute atomic E-state index is 0.0135. The van der Waals surface area contributed by atoms with E-state index < -0.39 is 10.0 Å². The third-order valence-electron chi connectivity index (χ3n) is 4.55. The van der Waals surface area contributed by atoms with Crippen LogP contribution < -0.4 is 10.6 Å². The smallest absolute Gasteiger partial charge is 0.244 e. The number of nitrogens with two attached hydrogens (primary N) is 1. The first kappa shape index (κ1) is 19.1. The number of piperidine rings is 1. The summed E-state index contributed by atoms with van der Waals surface area (Å²) in [5, 5.41) is 0. The molecule has 2 heterocycles. The molecular formula is C17H22BrN5O2S. The molecule has 0 bridgehead atoms. The molecule has 1 atom stereocenters. The predicted octanol–water partition coefficient (Wildman–Crippen LogP) is 2.46. The summed E-state index contributed by atoms with van der Waals surface area (Å²) in [7, 11) is 0.155. The lowest BCUT2D eigenvalue weighted by molar-refractivity contribution is 0.312. The van der Waals surface area contributed by atoms with Gasteiger partial charge in [-0.1, -0.05) is 0 Å². The van der Waals surface area contributed by atoms with Gasteiger partial charge in [-0.05, 0) is 53.0 Å². The molecule has 1 aliphatic heterocycles. The Balaban J connectivity index is 1.91. The largest absolute Gasteiger partial charge is 0.378 e. The predicted molar refractivity (Wildman–Crippen MR) is 106 cm³/mol. The van der Waals surface area contributed by atoms with E-state index in [0.29, 0.717) is 17.6 Å². The molecule has 1 aromatic heterocycles. The van der Waals surface area contributed by atoms with Crippen molar-refractivity contribution < 1.29 is 8.42 Å². The minimum atomic E-state index is -3.61. The fourth-order valence-electron chi connectivity index (χ4n) is 3.12. The number of nitrogens with zero attached hydrogens (tertiary/aromatic N) is 4. The van der Waals surface area contributed by atoms with Crippen molar-refractivity contribution in [2.24, 2.45) is 0 Å². The van der Waals surface area contributed by atoms with Gasteiger partial charge in [-0.15, -0.1) is 0 Å². The first-order chi connectivity index (χ1) is 12.3. The summed E-state index contributed by atoms with van der Waals surface area (Å²) in [4.78, 5) is 10.3. The van der Waals surface area contributed by atoms with Crippen molar-refractivity contribution in [1.82, 2.24) is 14.3 Å². The number of benzene rings is 1. The van der Waals surface area contributed by atoms with Gasteiger partial charge in [0.05, 0.1) is 10.6 Å². The summed E-state index contributed by atoms with van der Waals surface area (Å²) >= 11 is 3.39. The molecule has 0 unspecified atom stereocenters. The molecule has 0 aliphatic carbocycles. The molecule has 1 aliphatic rings. The number of anilines is 2. The van der Waals surface area contributed by atoms with Crippen LogP contribution in [0.5, 0.6) is 0 Å². The summed E-state index contributed by atoms with van der Waals surface area (Å²) in [6.45, 7) is 0.884. The van der Waals surface area contributed by atoms with Crippen LogP contribution in [0.3, 0.4) is 0 Å². The molecule has 26 heavy (non-hydrogen) atoms. The van der Waals surface area contributed by atoms with Gasteiger partial charge in [0.25, 0.3) is 0 Å². The molecule has 0 amide bonds.